The van der Waals surface area contributed by atoms with Gasteiger partial charge in [0.1, 0.15) is 5.69 Å². The highest BCUT2D eigenvalue weighted by atomic mass is 16.5. The summed E-state index contributed by atoms with van der Waals surface area (Å²) >= 11 is 0. The quantitative estimate of drug-likeness (QED) is 0.524. The third-order valence-electron chi connectivity index (χ3n) is 5.91. The van der Waals surface area contributed by atoms with E-state index >= 15 is 0 Å². The van der Waals surface area contributed by atoms with E-state index in [1.165, 1.54) is 0 Å². The highest BCUT2D eigenvalue weighted by Crippen LogP contribution is 2.36. The number of carbonyl (C=O) groups excluding carboxylic acids is 2. The summed E-state index contributed by atoms with van der Waals surface area (Å²) in [6.45, 7) is 8.00. The highest BCUT2D eigenvalue weighted by Gasteiger charge is 2.42. The molecule has 29 heavy (non-hydrogen) atoms. The number of aromatic nitrogens is 1. The molecule has 2 aromatic rings. The van der Waals surface area contributed by atoms with Gasteiger partial charge < -0.3 is 15.0 Å². The number of carbonyl (C=O) groups is 2. The predicted octanol–water partition coefficient (Wildman–Crippen LogP) is 3.68. The zero-order valence-corrected chi connectivity index (χ0v) is 17.9. The number of benzene rings is 1. The Hall–Kier alpha value is -2.18. The first-order chi connectivity index (χ1) is 14.1. The molecule has 1 aromatic heterocycles. The van der Waals surface area contributed by atoms with Crippen LogP contribution in [-0.4, -0.2) is 49.1 Å². The predicted molar refractivity (Wildman–Crippen MR) is 117 cm³/mol. The molecule has 0 saturated carbocycles. The molecular weight excluding hydrogens is 366 g/mol. The Morgan fingerprint density at radius 3 is 2.79 bits per heavy atom. The molecule has 1 aliphatic rings. The maximum absolute atomic E-state index is 13.3. The lowest BCUT2D eigenvalue weighted by molar-refractivity contribution is -0.135. The molecule has 0 fully saturated rings. The van der Waals surface area contributed by atoms with Gasteiger partial charge in [-0.05, 0) is 37.8 Å². The maximum Gasteiger partial charge on any atom is 0.319 e. The van der Waals surface area contributed by atoms with Gasteiger partial charge in [-0.15, -0.1) is 0 Å². The van der Waals surface area contributed by atoms with Crippen molar-refractivity contribution in [2.75, 3.05) is 26.3 Å². The van der Waals surface area contributed by atoms with Gasteiger partial charge in [-0.1, -0.05) is 26.3 Å². The molecule has 1 aliphatic heterocycles. The second-order valence-corrected chi connectivity index (χ2v) is 8.00. The molecular formula is C23H34N3O3+. The number of nitrogens with zero attached hydrogens (tertiary/aromatic N) is 1. The van der Waals surface area contributed by atoms with Crippen LogP contribution in [0.3, 0.4) is 0 Å². The van der Waals surface area contributed by atoms with E-state index in [-0.39, 0.29) is 28.9 Å². The Morgan fingerprint density at radius 1 is 1.24 bits per heavy atom. The van der Waals surface area contributed by atoms with Crippen LogP contribution in [0.2, 0.25) is 0 Å². The number of nitrogens with one attached hydrogen (secondary N) is 2. The summed E-state index contributed by atoms with van der Waals surface area (Å²) in [5.41, 5.74) is 3.07. The Balaban J connectivity index is 2.05. The van der Waals surface area contributed by atoms with Crippen molar-refractivity contribution in [1.29, 1.82) is 0 Å². The Kier molecular flexibility index (Phi) is 7.09. The fourth-order valence-corrected chi connectivity index (χ4v) is 4.35. The average molecular weight is 401 g/mol. The van der Waals surface area contributed by atoms with Crippen LogP contribution in [0.15, 0.2) is 24.4 Å². The molecule has 2 amide bonds. The molecule has 158 valence electrons. The molecule has 2 heterocycles. The van der Waals surface area contributed by atoms with Crippen LogP contribution in [0.4, 0.5) is 5.69 Å². The minimum Gasteiger partial charge on any atom is -0.379 e. The van der Waals surface area contributed by atoms with E-state index in [1.54, 1.807) is 0 Å². The summed E-state index contributed by atoms with van der Waals surface area (Å²) < 4.78 is 5.89. The van der Waals surface area contributed by atoms with Crippen molar-refractivity contribution < 1.29 is 14.3 Å². The minimum atomic E-state index is -0.107. The number of unbranched alkanes of at least 4 members (excludes halogenated alkanes) is 1. The number of aromatic amines is 1. The van der Waals surface area contributed by atoms with Gasteiger partial charge in [0.05, 0.1) is 36.5 Å². The minimum absolute atomic E-state index is 0.0608. The lowest BCUT2D eigenvalue weighted by Gasteiger charge is -2.34. The largest absolute Gasteiger partial charge is 0.379 e. The van der Waals surface area contributed by atoms with Crippen LogP contribution in [-0.2, 0) is 20.7 Å². The number of ether oxygens (including phenoxy) is 1. The topological polar surface area (TPSA) is 71.2 Å². The smallest absolute Gasteiger partial charge is 0.319 e. The summed E-state index contributed by atoms with van der Waals surface area (Å²) in [7, 11) is 0. The van der Waals surface area contributed by atoms with E-state index < -0.39 is 0 Å². The first kappa shape index (κ1) is 21.5. The van der Waals surface area contributed by atoms with E-state index in [0.717, 1.165) is 41.4 Å². The van der Waals surface area contributed by atoms with E-state index in [9.17, 15) is 9.59 Å². The van der Waals surface area contributed by atoms with Gasteiger partial charge in [0, 0.05) is 18.9 Å². The van der Waals surface area contributed by atoms with Crippen molar-refractivity contribution >= 4 is 28.4 Å². The van der Waals surface area contributed by atoms with Crippen LogP contribution in [0.1, 0.15) is 52.0 Å². The van der Waals surface area contributed by atoms with E-state index in [2.05, 4.69) is 17.2 Å². The van der Waals surface area contributed by atoms with Gasteiger partial charge in [0.2, 0.25) is 0 Å². The SMILES string of the molecule is CCCCOCC1Cc2c[nH]c3cccc(c23)[N+](CC)(C(=O)CCC)CC(=O)N1. The fourth-order valence-electron chi connectivity index (χ4n) is 4.35. The first-order valence-electron chi connectivity index (χ1n) is 10.9. The molecule has 3 rings (SSSR count). The Labute approximate surface area is 173 Å². The van der Waals surface area contributed by atoms with Gasteiger partial charge in [0.25, 0.3) is 5.91 Å². The van der Waals surface area contributed by atoms with Crippen molar-refractivity contribution in [1.82, 2.24) is 14.8 Å². The van der Waals surface area contributed by atoms with Gasteiger partial charge >= 0.3 is 5.91 Å². The van der Waals surface area contributed by atoms with Crippen LogP contribution in [0, 0.1) is 0 Å². The van der Waals surface area contributed by atoms with Gasteiger partial charge in [-0.2, -0.15) is 0 Å². The second-order valence-electron chi connectivity index (χ2n) is 8.00. The monoisotopic (exact) mass is 400 g/mol. The third kappa shape index (κ3) is 4.38. The molecule has 2 unspecified atom stereocenters. The molecule has 1 aromatic carbocycles. The fraction of sp³-hybridized carbons (Fsp3) is 0.565. The summed E-state index contributed by atoms with van der Waals surface area (Å²) in [4.78, 5) is 29.7. The molecule has 6 nitrogen and oxygen atoms in total. The number of quaternary nitrogens is 1. The number of likely N-dealkylation sites (N-methyl/N-ethyl adjacent to an activating group) is 1. The molecule has 0 radical (unpaired) electrons. The number of H-pyrrole nitrogens is 1. The average Bonchev–Trinajstić information content (AvgIpc) is 3.13. The third-order valence-corrected chi connectivity index (χ3v) is 5.91. The zero-order valence-electron chi connectivity index (χ0n) is 17.9. The van der Waals surface area contributed by atoms with E-state index in [1.807, 2.05) is 38.2 Å². The molecule has 2 atom stereocenters. The first-order valence-corrected chi connectivity index (χ1v) is 10.9. The lowest BCUT2D eigenvalue weighted by Crippen LogP contribution is -2.59. The van der Waals surface area contributed by atoms with Gasteiger partial charge in [-0.3, -0.25) is 4.79 Å². The summed E-state index contributed by atoms with van der Waals surface area (Å²) in [6, 6.07) is 5.92. The van der Waals surface area contributed by atoms with E-state index in [0.29, 0.717) is 32.6 Å². The van der Waals surface area contributed by atoms with Crippen molar-refractivity contribution in [3.05, 3.63) is 30.0 Å². The standard InChI is InChI=1S/C23H33N3O3/c1-4-7-12-29-16-18-13-17-14-24-19-10-8-11-20(23(17)19)26(6-3,15-21(27)25-18)22(28)9-5-2/h8,10-11,14,18,24H,4-7,9,12-13,15-16H2,1-3H3/p+1. The van der Waals surface area contributed by atoms with Crippen molar-refractivity contribution in [2.45, 2.75) is 58.9 Å². The van der Waals surface area contributed by atoms with E-state index in [4.69, 9.17) is 4.74 Å². The van der Waals surface area contributed by atoms with Crippen LogP contribution in [0.25, 0.3) is 10.9 Å². The molecule has 2 N–H and O–H groups in total. The summed E-state index contributed by atoms with van der Waals surface area (Å²) in [5, 5.41) is 4.22. The lowest BCUT2D eigenvalue weighted by atomic mass is 10.0. The van der Waals surface area contributed by atoms with Crippen molar-refractivity contribution in [3.63, 3.8) is 0 Å². The van der Waals surface area contributed by atoms with Crippen LogP contribution in [0.5, 0.6) is 0 Å². The summed E-state index contributed by atoms with van der Waals surface area (Å²) in [5.74, 6) is 0.00831. The molecule has 0 spiro atoms. The summed E-state index contributed by atoms with van der Waals surface area (Å²) in [6.07, 6.45) is 6.02. The Bertz CT molecular complexity index is 860. The van der Waals surface area contributed by atoms with Gasteiger partial charge in [-0.25, -0.2) is 9.28 Å². The Morgan fingerprint density at radius 2 is 2.07 bits per heavy atom. The number of hydrogen-bond donors (Lipinski definition) is 2. The normalized spacial score (nSPS) is 22.0. The second kappa shape index (κ2) is 9.55. The number of hydrogen-bond acceptors (Lipinski definition) is 3. The van der Waals surface area contributed by atoms with Crippen molar-refractivity contribution in [2.24, 2.45) is 0 Å². The number of rotatable bonds is 8. The maximum atomic E-state index is 13.3. The van der Waals surface area contributed by atoms with Crippen LogP contribution >= 0.6 is 0 Å². The highest BCUT2D eigenvalue weighted by molar-refractivity contribution is 6.04. The van der Waals surface area contributed by atoms with Crippen LogP contribution < -0.4 is 9.80 Å². The molecule has 0 saturated heterocycles. The number of amides is 2. The van der Waals surface area contributed by atoms with Gasteiger partial charge in [0.15, 0.2) is 6.54 Å². The van der Waals surface area contributed by atoms with Crippen molar-refractivity contribution in [3.8, 4) is 0 Å². The molecule has 0 aliphatic carbocycles. The zero-order chi connectivity index (χ0) is 20.9. The molecule has 6 heteroatoms. The molecule has 0 bridgehead atoms.